The van der Waals surface area contributed by atoms with E-state index in [1.807, 2.05) is 13.8 Å². The lowest BCUT2D eigenvalue weighted by Gasteiger charge is -2.40. The Kier molecular flexibility index (Phi) is 6.88. The molecule has 188 valence electrons. The van der Waals surface area contributed by atoms with Crippen molar-refractivity contribution < 1.29 is 32.2 Å². The molecule has 2 aromatic rings. The summed E-state index contributed by atoms with van der Waals surface area (Å²) in [5.41, 5.74) is -1.75. The van der Waals surface area contributed by atoms with Crippen LogP contribution in [-0.4, -0.2) is 46.8 Å². The number of fused-ring (bicyclic) bond motifs is 2. The maximum Gasteiger partial charge on any atom is 0.276 e. The van der Waals surface area contributed by atoms with E-state index in [0.29, 0.717) is 18.6 Å². The lowest BCUT2D eigenvalue weighted by Crippen LogP contribution is -2.54. The van der Waals surface area contributed by atoms with E-state index in [9.17, 15) is 27.6 Å². The summed E-state index contributed by atoms with van der Waals surface area (Å²) in [6.45, 7) is 3.45. The van der Waals surface area contributed by atoms with Gasteiger partial charge in [-0.1, -0.05) is 6.92 Å². The molecule has 2 aliphatic rings. The number of nitrogens with zero attached hydrogens (tertiary/aromatic N) is 2. The number of aromatic nitrogens is 1. The summed E-state index contributed by atoms with van der Waals surface area (Å²) in [4.78, 5) is 41.0. The fraction of sp³-hybridized carbons (Fsp3) is 0.458. The summed E-state index contributed by atoms with van der Waals surface area (Å²) in [7, 11) is 1.22. The maximum atomic E-state index is 13.9. The molecule has 1 saturated heterocycles. The molecule has 2 aliphatic heterocycles. The Morgan fingerprint density at radius 2 is 1.89 bits per heavy atom. The monoisotopic (exact) mass is 493 g/mol. The molecule has 1 aromatic carbocycles. The molecular formula is C24H26F3N3O5. The minimum atomic E-state index is -1.17. The van der Waals surface area contributed by atoms with Crippen LogP contribution in [0.3, 0.4) is 0 Å². The third-order valence-corrected chi connectivity index (χ3v) is 6.48. The molecule has 3 atom stereocenters. The molecule has 1 N–H and O–H groups in total. The van der Waals surface area contributed by atoms with Crippen molar-refractivity contribution in [1.29, 1.82) is 0 Å². The summed E-state index contributed by atoms with van der Waals surface area (Å²) in [5.74, 6) is -5.09. The van der Waals surface area contributed by atoms with Gasteiger partial charge in [0.15, 0.2) is 17.7 Å². The third kappa shape index (κ3) is 4.52. The molecular weight excluding hydrogens is 467 g/mol. The molecule has 1 fully saturated rings. The summed E-state index contributed by atoms with van der Waals surface area (Å²) < 4.78 is 53.8. The molecule has 35 heavy (non-hydrogen) atoms. The number of carbonyl (C=O) groups excluding carboxylic acids is 2. The number of pyridine rings is 1. The number of methoxy groups -OCH3 is 1. The Morgan fingerprint density at radius 3 is 2.51 bits per heavy atom. The fourth-order valence-electron chi connectivity index (χ4n) is 4.68. The molecule has 4 rings (SSSR count). The van der Waals surface area contributed by atoms with Gasteiger partial charge >= 0.3 is 0 Å². The van der Waals surface area contributed by atoms with Crippen LogP contribution in [0.4, 0.5) is 13.2 Å². The van der Waals surface area contributed by atoms with E-state index in [0.717, 1.165) is 12.8 Å². The van der Waals surface area contributed by atoms with E-state index in [1.165, 1.54) is 17.9 Å². The molecule has 8 nitrogen and oxygen atoms in total. The van der Waals surface area contributed by atoms with E-state index in [-0.39, 0.29) is 35.7 Å². The third-order valence-electron chi connectivity index (χ3n) is 6.48. The number of hydrogen-bond donors (Lipinski definition) is 1. The predicted octanol–water partition coefficient (Wildman–Crippen LogP) is 2.96. The van der Waals surface area contributed by atoms with Crippen molar-refractivity contribution in [3.63, 3.8) is 0 Å². The molecule has 3 heterocycles. The Bertz CT molecular complexity index is 1210. The maximum absolute atomic E-state index is 13.9. The lowest BCUT2D eigenvalue weighted by molar-refractivity contribution is -0.0893. The normalized spacial score (nSPS) is 21.7. The van der Waals surface area contributed by atoms with E-state index >= 15 is 0 Å². The second-order valence-electron chi connectivity index (χ2n) is 8.69. The summed E-state index contributed by atoms with van der Waals surface area (Å²) in [6.07, 6.45) is 2.78. The van der Waals surface area contributed by atoms with Crippen LogP contribution in [-0.2, 0) is 17.8 Å². The lowest BCUT2D eigenvalue weighted by atomic mass is 10.0. The molecule has 1 aromatic heterocycles. The number of carbonyl (C=O) groups is 2. The van der Waals surface area contributed by atoms with Crippen molar-refractivity contribution in [1.82, 2.24) is 14.8 Å². The zero-order valence-corrected chi connectivity index (χ0v) is 19.6. The van der Waals surface area contributed by atoms with Gasteiger partial charge in [0.1, 0.15) is 23.0 Å². The SMILES string of the molecule is CCC1CCC(C)O[C@@H]2Cn3cc(C(=O)NCc4c(F)cc(F)cc4F)c(=O)c(OC)c3C(=O)N12. The van der Waals surface area contributed by atoms with E-state index in [2.05, 4.69) is 5.32 Å². The van der Waals surface area contributed by atoms with Gasteiger partial charge in [-0.15, -0.1) is 0 Å². The van der Waals surface area contributed by atoms with Crippen molar-refractivity contribution in [3.05, 3.63) is 62.8 Å². The minimum Gasteiger partial charge on any atom is -0.491 e. The van der Waals surface area contributed by atoms with Gasteiger partial charge in [0, 0.05) is 36.5 Å². The minimum absolute atomic E-state index is 0.0116. The first-order chi connectivity index (χ1) is 16.7. The Labute approximate surface area is 199 Å². The van der Waals surface area contributed by atoms with Gasteiger partial charge in [0.2, 0.25) is 5.43 Å². The molecule has 2 amide bonds. The van der Waals surface area contributed by atoms with Crippen molar-refractivity contribution in [3.8, 4) is 5.75 Å². The van der Waals surface area contributed by atoms with Crippen LogP contribution in [0.2, 0.25) is 0 Å². The van der Waals surface area contributed by atoms with Gasteiger partial charge in [-0.05, 0) is 26.2 Å². The molecule has 0 bridgehead atoms. The van der Waals surface area contributed by atoms with E-state index in [4.69, 9.17) is 9.47 Å². The second kappa shape index (κ2) is 9.73. The predicted molar refractivity (Wildman–Crippen MR) is 119 cm³/mol. The Hall–Kier alpha value is -3.34. The number of benzene rings is 1. The molecule has 0 spiro atoms. The highest BCUT2D eigenvalue weighted by atomic mass is 19.1. The van der Waals surface area contributed by atoms with E-state index < -0.39 is 53.0 Å². The van der Waals surface area contributed by atoms with Crippen LogP contribution in [0, 0.1) is 17.5 Å². The first-order valence-corrected chi connectivity index (χ1v) is 11.4. The highest BCUT2D eigenvalue weighted by Gasteiger charge is 2.42. The Morgan fingerprint density at radius 1 is 1.20 bits per heavy atom. The van der Waals surface area contributed by atoms with E-state index in [1.54, 1.807) is 4.90 Å². The first kappa shape index (κ1) is 24.8. The van der Waals surface area contributed by atoms with Crippen LogP contribution < -0.4 is 15.5 Å². The molecule has 11 heteroatoms. The molecule has 2 unspecified atom stereocenters. The largest absolute Gasteiger partial charge is 0.491 e. The van der Waals surface area contributed by atoms with Crippen molar-refractivity contribution in [2.24, 2.45) is 0 Å². The molecule has 0 saturated carbocycles. The van der Waals surface area contributed by atoms with Crippen LogP contribution in [0.1, 0.15) is 59.5 Å². The zero-order chi connectivity index (χ0) is 25.4. The number of ether oxygens (including phenoxy) is 2. The smallest absolute Gasteiger partial charge is 0.276 e. The van der Waals surface area contributed by atoms with Gasteiger partial charge < -0.3 is 24.3 Å². The molecule has 0 aliphatic carbocycles. The van der Waals surface area contributed by atoms with Crippen molar-refractivity contribution in [2.45, 2.75) is 64.6 Å². The topological polar surface area (TPSA) is 89.9 Å². The molecule has 0 radical (unpaired) electrons. The highest BCUT2D eigenvalue weighted by molar-refractivity contribution is 5.99. The summed E-state index contributed by atoms with van der Waals surface area (Å²) in [5, 5.41) is 2.28. The van der Waals surface area contributed by atoms with Crippen LogP contribution in [0.15, 0.2) is 23.1 Å². The number of nitrogens with one attached hydrogen (secondary N) is 1. The fourth-order valence-corrected chi connectivity index (χ4v) is 4.68. The number of rotatable bonds is 5. The second-order valence-corrected chi connectivity index (χ2v) is 8.69. The summed E-state index contributed by atoms with van der Waals surface area (Å²) >= 11 is 0. The quantitative estimate of drug-likeness (QED) is 0.692. The van der Waals surface area contributed by atoms with Crippen LogP contribution in [0.25, 0.3) is 0 Å². The van der Waals surface area contributed by atoms with Gasteiger partial charge in [-0.2, -0.15) is 0 Å². The van der Waals surface area contributed by atoms with Gasteiger partial charge in [-0.3, -0.25) is 14.4 Å². The number of hydrogen-bond acceptors (Lipinski definition) is 5. The van der Waals surface area contributed by atoms with Gasteiger partial charge in [0.25, 0.3) is 11.8 Å². The number of halogens is 3. The standard InChI is InChI=1S/C24H26F3N3O5/c1-4-14-6-5-12(2)35-19-11-29-10-16(21(31)22(34-3)20(29)24(33)30(14)19)23(32)28-9-15-17(26)7-13(25)8-18(15)27/h7-8,10,12,14,19H,4-6,9,11H2,1-3H3,(H,28,32)/t12?,14?,19-/m1/s1. The zero-order valence-electron chi connectivity index (χ0n) is 19.6. The van der Waals surface area contributed by atoms with Crippen molar-refractivity contribution in [2.75, 3.05) is 7.11 Å². The van der Waals surface area contributed by atoms with Crippen molar-refractivity contribution >= 4 is 11.8 Å². The highest BCUT2D eigenvalue weighted by Crippen LogP contribution is 2.32. The van der Waals surface area contributed by atoms with Crippen LogP contribution >= 0.6 is 0 Å². The van der Waals surface area contributed by atoms with Crippen LogP contribution in [0.5, 0.6) is 5.75 Å². The number of amides is 2. The summed E-state index contributed by atoms with van der Waals surface area (Å²) in [6, 6.07) is 0.918. The average molecular weight is 493 g/mol. The van der Waals surface area contributed by atoms with Gasteiger partial charge in [-0.25, -0.2) is 13.2 Å². The average Bonchev–Trinajstić information content (AvgIpc) is 2.96. The first-order valence-electron chi connectivity index (χ1n) is 11.4. The van der Waals surface area contributed by atoms with Gasteiger partial charge in [0.05, 0.1) is 19.8 Å². The Balaban J connectivity index is 1.69.